The second-order valence-corrected chi connectivity index (χ2v) is 4.65. The van der Waals surface area contributed by atoms with Crippen LogP contribution in [0.2, 0.25) is 0 Å². The number of carbonyl (C=O) groups is 1. The van der Waals surface area contributed by atoms with Crippen LogP contribution < -0.4 is 10.6 Å². The molecule has 1 aromatic heterocycles. The Hall–Kier alpha value is -1.73. The molecule has 1 saturated heterocycles. The smallest absolute Gasteiger partial charge is 0.262 e. The average Bonchev–Trinajstić information content (AvgIpc) is 2.94. The molecule has 0 aliphatic carbocycles. The van der Waals surface area contributed by atoms with Gasteiger partial charge in [-0.05, 0) is 18.2 Å². The second kappa shape index (κ2) is 5.34. The highest BCUT2D eigenvalue weighted by atomic mass is 35.5. The van der Waals surface area contributed by atoms with Crippen LogP contribution in [0.1, 0.15) is 6.42 Å². The molecule has 1 aliphatic rings. The minimum Gasteiger partial charge on any atom is -0.325 e. The molecular weight excluding hydrogens is 290 g/mol. The van der Waals surface area contributed by atoms with Gasteiger partial charge in [-0.2, -0.15) is 5.10 Å². The lowest BCUT2D eigenvalue weighted by molar-refractivity contribution is -0.118. The Morgan fingerprint density at radius 2 is 2.25 bits per heavy atom. The largest absolute Gasteiger partial charge is 0.325 e. The fourth-order valence-electron chi connectivity index (χ4n) is 2.15. The molecule has 1 aromatic carbocycles. The predicted octanol–water partition coefficient (Wildman–Crippen LogP) is 1.92. The molecule has 1 amide bonds. The second-order valence-electron chi connectivity index (χ2n) is 4.65. The van der Waals surface area contributed by atoms with Crippen molar-refractivity contribution in [3.8, 4) is 0 Å². The number of benzene rings is 1. The maximum Gasteiger partial charge on any atom is 0.262 e. The highest BCUT2D eigenvalue weighted by molar-refractivity contribution is 5.97. The summed E-state index contributed by atoms with van der Waals surface area (Å²) < 4.78 is 26.0. The van der Waals surface area contributed by atoms with Gasteiger partial charge in [0.15, 0.2) is 0 Å². The van der Waals surface area contributed by atoms with Crippen LogP contribution in [-0.4, -0.2) is 34.6 Å². The molecule has 8 heteroatoms. The number of carbonyl (C=O) groups excluding carboxylic acids is 1. The van der Waals surface area contributed by atoms with Gasteiger partial charge in [0.25, 0.3) is 5.92 Å². The number of nitrogens with one attached hydrogen (secondary N) is 3. The summed E-state index contributed by atoms with van der Waals surface area (Å²) in [5.41, 5.74) is 1.42. The summed E-state index contributed by atoms with van der Waals surface area (Å²) in [5, 5.41) is 12.7. The van der Waals surface area contributed by atoms with E-state index in [2.05, 4.69) is 20.8 Å². The van der Waals surface area contributed by atoms with Crippen LogP contribution in [0.5, 0.6) is 0 Å². The van der Waals surface area contributed by atoms with Crippen molar-refractivity contribution in [2.75, 3.05) is 11.9 Å². The van der Waals surface area contributed by atoms with Crippen LogP contribution in [0.25, 0.3) is 10.9 Å². The Morgan fingerprint density at radius 3 is 2.95 bits per heavy atom. The van der Waals surface area contributed by atoms with E-state index < -0.39 is 30.8 Å². The van der Waals surface area contributed by atoms with E-state index in [-0.39, 0.29) is 12.4 Å². The molecule has 3 rings (SSSR count). The summed E-state index contributed by atoms with van der Waals surface area (Å²) in [4.78, 5) is 11.8. The minimum atomic E-state index is -2.81. The minimum absolute atomic E-state index is 0. The van der Waals surface area contributed by atoms with E-state index in [9.17, 15) is 13.6 Å². The molecule has 20 heavy (non-hydrogen) atoms. The zero-order valence-electron chi connectivity index (χ0n) is 10.3. The highest BCUT2D eigenvalue weighted by Gasteiger charge is 2.42. The molecule has 0 radical (unpaired) electrons. The van der Waals surface area contributed by atoms with Gasteiger partial charge >= 0.3 is 0 Å². The Balaban J connectivity index is 0.00000147. The van der Waals surface area contributed by atoms with Gasteiger partial charge in [-0.25, -0.2) is 8.78 Å². The van der Waals surface area contributed by atoms with E-state index in [1.54, 1.807) is 24.4 Å². The number of hydrogen-bond donors (Lipinski definition) is 3. The van der Waals surface area contributed by atoms with E-state index in [1.165, 1.54) is 0 Å². The Labute approximate surface area is 119 Å². The quantitative estimate of drug-likeness (QED) is 0.794. The van der Waals surface area contributed by atoms with Crippen molar-refractivity contribution >= 4 is 34.9 Å². The molecule has 3 N–H and O–H groups in total. The van der Waals surface area contributed by atoms with Crippen LogP contribution in [-0.2, 0) is 4.79 Å². The standard InChI is InChI=1S/C12H12F2N4O.ClH/c13-12(14)4-10(15-6-12)11(19)17-8-1-2-9-7(3-8)5-16-18-9;/h1-3,5,10,15H,4,6H2,(H,16,18)(H,17,19);1H. The zero-order valence-corrected chi connectivity index (χ0v) is 11.1. The topological polar surface area (TPSA) is 69.8 Å². The summed E-state index contributed by atoms with van der Waals surface area (Å²) in [6.45, 7) is -0.453. The molecule has 1 aliphatic heterocycles. The number of anilines is 1. The monoisotopic (exact) mass is 302 g/mol. The molecule has 0 bridgehead atoms. The van der Waals surface area contributed by atoms with Gasteiger partial charge in [-0.1, -0.05) is 0 Å². The Bertz CT molecular complexity index is 631. The van der Waals surface area contributed by atoms with E-state index >= 15 is 0 Å². The summed E-state index contributed by atoms with van der Waals surface area (Å²) in [5.74, 6) is -3.25. The lowest BCUT2D eigenvalue weighted by Crippen LogP contribution is -2.35. The number of rotatable bonds is 2. The van der Waals surface area contributed by atoms with Gasteiger partial charge in [0.1, 0.15) is 0 Å². The van der Waals surface area contributed by atoms with Crippen LogP contribution in [0, 0.1) is 0 Å². The van der Waals surface area contributed by atoms with Crippen molar-refractivity contribution in [3.05, 3.63) is 24.4 Å². The predicted molar refractivity (Wildman–Crippen MR) is 73.3 cm³/mol. The van der Waals surface area contributed by atoms with Gasteiger partial charge in [0, 0.05) is 17.5 Å². The van der Waals surface area contributed by atoms with Gasteiger partial charge in [0.05, 0.1) is 24.3 Å². The fraction of sp³-hybridized carbons (Fsp3) is 0.333. The highest BCUT2D eigenvalue weighted by Crippen LogP contribution is 2.26. The molecule has 1 unspecified atom stereocenters. The number of fused-ring (bicyclic) bond motifs is 1. The number of aromatic amines is 1. The maximum absolute atomic E-state index is 13.0. The van der Waals surface area contributed by atoms with Gasteiger partial charge in [0.2, 0.25) is 5.91 Å². The molecule has 0 saturated carbocycles. The SMILES string of the molecule is Cl.O=C(Nc1ccc2[nH]ncc2c1)C1CC(F)(F)CN1. The van der Waals surface area contributed by atoms with Crippen LogP contribution in [0.15, 0.2) is 24.4 Å². The van der Waals surface area contributed by atoms with Crippen molar-refractivity contribution in [2.24, 2.45) is 0 Å². The number of aromatic nitrogens is 2. The number of alkyl halides is 2. The van der Waals surface area contributed by atoms with E-state index in [0.717, 1.165) is 10.9 Å². The Kier molecular flexibility index (Phi) is 3.92. The van der Waals surface area contributed by atoms with Gasteiger partial charge in [-0.15, -0.1) is 12.4 Å². The zero-order chi connectivity index (χ0) is 13.5. The Morgan fingerprint density at radius 1 is 1.45 bits per heavy atom. The first-order chi connectivity index (χ1) is 9.03. The number of nitrogens with zero attached hydrogens (tertiary/aromatic N) is 1. The lowest BCUT2D eigenvalue weighted by Gasteiger charge is -2.11. The molecular formula is C12H13ClF2N4O. The lowest BCUT2D eigenvalue weighted by atomic mass is 10.1. The van der Waals surface area contributed by atoms with Gasteiger partial charge in [-0.3, -0.25) is 15.2 Å². The maximum atomic E-state index is 13.0. The first kappa shape index (κ1) is 14.7. The normalized spacial score (nSPS) is 20.6. The molecule has 2 aromatic rings. The van der Waals surface area contributed by atoms with Crippen LogP contribution >= 0.6 is 12.4 Å². The first-order valence-electron chi connectivity index (χ1n) is 5.89. The fourth-order valence-corrected chi connectivity index (χ4v) is 2.15. The molecule has 0 spiro atoms. The molecule has 1 atom stereocenters. The third-order valence-electron chi connectivity index (χ3n) is 3.13. The van der Waals surface area contributed by atoms with Crippen molar-refractivity contribution in [1.29, 1.82) is 0 Å². The van der Waals surface area contributed by atoms with Crippen molar-refractivity contribution in [1.82, 2.24) is 15.5 Å². The third kappa shape index (κ3) is 2.88. The summed E-state index contributed by atoms with van der Waals surface area (Å²) in [6, 6.07) is 4.36. The van der Waals surface area contributed by atoms with E-state index in [4.69, 9.17) is 0 Å². The summed E-state index contributed by atoms with van der Waals surface area (Å²) in [6.07, 6.45) is 1.17. The van der Waals surface area contributed by atoms with Crippen molar-refractivity contribution < 1.29 is 13.6 Å². The molecule has 1 fully saturated rings. The molecule has 108 valence electrons. The first-order valence-corrected chi connectivity index (χ1v) is 5.89. The summed E-state index contributed by atoms with van der Waals surface area (Å²) >= 11 is 0. The summed E-state index contributed by atoms with van der Waals surface area (Å²) in [7, 11) is 0. The van der Waals surface area contributed by atoms with Crippen LogP contribution in [0.3, 0.4) is 0 Å². The van der Waals surface area contributed by atoms with E-state index in [1.807, 2.05) is 0 Å². The number of hydrogen-bond acceptors (Lipinski definition) is 3. The average molecular weight is 303 g/mol. The third-order valence-corrected chi connectivity index (χ3v) is 3.13. The molecule has 5 nitrogen and oxygen atoms in total. The number of halogens is 3. The number of H-pyrrole nitrogens is 1. The van der Waals surface area contributed by atoms with E-state index in [0.29, 0.717) is 5.69 Å². The number of amides is 1. The van der Waals surface area contributed by atoms with Gasteiger partial charge < -0.3 is 5.32 Å². The van der Waals surface area contributed by atoms with Crippen molar-refractivity contribution in [2.45, 2.75) is 18.4 Å². The van der Waals surface area contributed by atoms with Crippen LogP contribution in [0.4, 0.5) is 14.5 Å². The van der Waals surface area contributed by atoms with Crippen molar-refractivity contribution in [3.63, 3.8) is 0 Å². The molecule has 2 heterocycles.